The van der Waals surface area contributed by atoms with Gasteiger partial charge in [0.05, 0.1) is 20.1 Å². The van der Waals surface area contributed by atoms with Crippen molar-refractivity contribution < 1.29 is 19.4 Å². The maximum atomic E-state index is 13.0. The maximum Gasteiger partial charge on any atom is 0.231 e. The predicted molar refractivity (Wildman–Crippen MR) is 121 cm³/mol. The van der Waals surface area contributed by atoms with Crippen LogP contribution in [0.15, 0.2) is 30.3 Å². The lowest BCUT2D eigenvalue weighted by molar-refractivity contribution is -0.121. The summed E-state index contributed by atoms with van der Waals surface area (Å²) in [4.78, 5) is 13.0. The van der Waals surface area contributed by atoms with E-state index >= 15 is 0 Å². The summed E-state index contributed by atoms with van der Waals surface area (Å²) >= 11 is 0. The van der Waals surface area contributed by atoms with Gasteiger partial charge in [0.1, 0.15) is 5.75 Å². The maximum absolute atomic E-state index is 13.0. The third-order valence-corrected chi connectivity index (χ3v) is 5.33. The molecular formula is C25H35NO4. The summed E-state index contributed by atoms with van der Waals surface area (Å²) in [6.45, 7) is 12.4. The number of carbonyl (C=O) groups is 1. The van der Waals surface area contributed by atoms with Crippen LogP contribution in [0.4, 0.5) is 0 Å². The smallest absolute Gasteiger partial charge is 0.231 e. The highest BCUT2D eigenvalue weighted by Gasteiger charge is 2.31. The summed E-state index contributed by atoms with van der Waals surface area (Å²) < 4.78 is 10.8. The van der Waals surface area contributed by atoms with Crippen LogP contribution in [0.5, 0.6) is 17.2 Å². The summed E-state index contributed by atoms with van der Waals surface area (Å²) in [5.74, 6) is 0.773. The second-order valence-corrected chi connectivity index (χ2v) is 9.63. The Morgan fingerprint density at radius 1 is 0.867 bits per heavy atom. The van der Waals surface area contributed by atoms with Gasteiger partial charge >= 0.3 is 0 Å². The van der Waals surface area contributed by atoms with Crippen LogP contribution >= 0.6 is 0 Å². The highest BCUT2D eigenvalue weighted by molar-refractivity contribution is 5.87. The number of rotatable bonds is 5. The van der Waals surface area contributed by atoms with Crippen molar-refractivity contribution in [3.05, 3.63) is 52.6 Å². The van der Waals surface area contributed by atoms with Gasteiger partial charge in [-0.25, -0.2) is 0 Å². The van der Waals surface area contributed by atoms with Gasteiger partial charge in [-0.15, -0.1) is 0 Å². The molecule has 0 saturated carbocycles. The van der Waals surface area contributed by atoms with E-state index in [1.54, 1.807) is 27.3 Å². The Labute approximate surface area is 180 Å². The van der Waals surface area contributed by atoms with Crippen molar-refractivity contribution in [3.8, 4) is 17.2 Å². The van der Waals surface area contributed by atoms with Gasteiger partial charge in [0, 0.05) is 7.05 Å². The van der Waals surface area contributed by atoms with Crippen molar-refractivity contribution in [1.29, 1.82) is 0 Å². The topological polar surface area (TPSA) is 67.8 Å². The number of phenolic OH excluding ortho intramolecular Hbond substituents is 1. The molecule has 0 aliphatic rings. The van der Waals surface area contributed by atoms with Crippen LogP contribution in [-0.4, -0.2) is 32.3 Å². The number of amides is 1. The van der Waals surface area contributed by atoms with Crippen molar-refractivity contribution in [3.63, 3.8) is 0 Å². The van der Waals surface area contributed by atoms with Crippen molar-refractivity contribution in [1.82, 2.24) is 5.32 Å². The zero-order valence-electron chi connectivity index (χ0n) is 19.6. The fourth-order valence-electron chi connectivity index (χ4n) is 3.64. The molecule has 0 fully saturated rings. The summed E-state index contributed by atoms with van der Waals surface area (Å²) in [7, 11) is 4.79. The lowest BCUT2D eigenvalue weighted by Crippen LogP contribution is -2.28. The molecule has 2 aromatic rings. The molecule has 5 nitrogen and oxygen atoms in total. The molecule has 0 heterocycles. The van der Waals surface area contributed by atoms with E-state index in [2.05, 4.69) is 46.9 Å². The van der Waals surface area contributed by atoms with Crippen LogP contribution in [0.1, 0.15) is 69.7 Å². The molecule has 0 spiro atoms. The molecule has 0 aromatic heterocycles. The van der Waals surface area contributed by atoms with E-state index in [9.17, 15) is 9.90 Å². The molecule has 0 aliphatic heterocycles. The van der Waals surface area contributed by atoms with Crippen LogP contribution in [0, 0.1) is 0 Å². The van der Waals surface area contributed by atoms with Crippen molar-refractivity contribution in [2.75, 3.05) is 21.3 Å². The molecule has 2 N–H and O–H groups in total. The van der Waals surface area contributed by atoms with Gasteiger partial charge in [0.2, 0.25) is 5.91 Å². The van der Waals surface area contributed by atoms with Gasteiger partial charge in [0.15, 0.2) is 11.5 Å². The van der Waals surface area contributed by atoms with Crippen molar-refractivity contribution in [2.45, 2.75) is 58.3 Å². The fraction of sp³-hybridized carbons (Fsp3) is 0.480. The van der Waals surface area contributed by atoms with Crippen LogP contribution in [0.3, 0.4) is 0 Å². The third-order valence-electron chi connectivity index (χ3n) is 5.33. The molecule has 0 saturated heterocycles. The average Bonchev–Trinajstić information content (AvgIpc) is 2.66. The fourth-order valence-corrected chi connectivity index (χ4v) is 3.64. The van der Waals surface area contributed by atoms with Crippen LogP contribution < -0.4 is 14.8 Å². The van der Waals surface area contributed by atoms with E-state index in [0.29, 0.717) is 17.2 Å². The van der Waals surface area contributed by atoms with Crippen LogP contribution in [-0.2, 0) is 15.6 Å². The molecule has 5 heteroatoms. The number of hydrogen-bond acceptors (Lipinski definition) is 4. The van der Waals surface area contributed by atoms with Gasteiger partial charge in [-0.2, -0.15) is 0 Å². The zero-order chi connectivity index (χ0) is 22.9. The summed E-state index contributed by atoms with van der Waals surface area (Å²) in [5.41, 5.74) is 2.68. The van der Waals surface area contributed by atoms with E-state index in [1.807, 2.05) is 24.3 Å². The molecule has 2 rings (SSSR count). The number of hydrogen-bond donors (Lipinski definition) is 2. The first-order chi connectivity index (χ1) is 13.8. The molecule has 164 valence electrons. The Hall–Kier alpha value is -2.69. The van der Waals surface area contributed by atoms with E-state index in [-0.39, 0.29) is 16.7 Å². The normalized spacial score (nSPS) is 13.0. The predicted octanol–water partition coefficient (Wildman–Crippen LogP) is 4.88. The first-order valence-corrected chi connectivity index (χ1v) is 10.2. The third kappa shape index (κ3) is 4.72. The molecule has 1 atom stereocenters. The van der Waals surface area contributed by atoms with Gasteiger partial charge in [-0.3, -0.25) is 4.79 Å². The molecule has 0 bridgehead atoms. The standard InChI is InChI=1S/C25H35NO4/c1-24(2,3)17-12-16(13-18(22(17)27)25(4,5)6)21(23(28)26-7)15-10-11-19(29-8)20(14-15)30-9/h10-14,21,27H,1-9H3,(H,26,28)/t21-/m0/s1. The number of ether oxygens (including phenoxy) is 2. The number of methoxy groups -OCH3 is 2. The Morgan fingerprint density at radius 3 is 1.77 bits per heavy atom. The monoisotopic (exact) mass is 413 g/mol. The van der Waals surface area contributed by atoms with Crippen LogP contribution in [0.25, 0.3) is 0 Å². The summed E-state index contributed by atoms with van der Waals surface area (Å²) in [6, 6.07) is 9.41. The molecule has 30 heavy (non-hydrogen) atoms. The highest BCUT2D eigenvalue weighted by Crippen LogP contribution is 2.43. The zero-order valence-corrected chi connectivity index (χ0v) is 19.6. The van der Waals surface area contributed by atoms with E-state index in [0.717, 1.165) is 22.3 Å². The Bertz CT molecular complexity index is 885. The quantitative estimate of drug-likeness (QED) is 0.733. The molecule has 2 aromatic carbocycles. The lowest BCUT2D eigenvalue weighted by atomic mass is 9.76. The van der Waals surface area contributed by atoms with Crippen molar-refractivity contribution >= 4 is 5.91 Å². The summed E-state index contributed by atoms with van der Waals surface area (Å²) in [6.07, 6.45) is 0. The Kier molecular flexibility index (Phi) is 6.75. The Balaban J connectivity index is 2.82. The Morgan fingerprint density at radius 2 is 1.37 bits per heavy atom. The van der Waals surface area contributed by atoms with Gasteiger partial charge in [0.25, 0.3) is 0 Å². The van der Waals surface area contributed by atoms with E-state index in [4.69, 9.17) is 9.47 Å². The van der Waals surface area contributed by atoms with E-state index < -0.39 is 5.92 Å². The second-order valence-electron chi connectivity index (χ2n) is 9.63. The van der Waals surface area contributed by atoms with Gasteiger partial charge < -0.3 is 19.9 Å². The lowest BCUT2D eigenvalue weighted by Gasteiger charge is -2.30. The minimum Gasteiger partial charge on any atom is -0.507 e. The second kappa shape index (κ2) is 8.58. The SMILES string of the molecule is CNC(=O)[C@@H](c1ccc(OC)c(OC)c1)c1cc(C(C)(C)C)c(O)c(C(C)(C)C)c1. The molecule has 0 radical (unpaired) electrons. The van der Waals surface area contributed by atoms with Crippen molar-refractivity contribution in [2.24, 2.45) is 0 Å². The highest BCUT2D eigenvalue weighted by atomic mass is 16.5. The minimum atomic E-state index is -0.558. The first-order valence-electron chi connectivity index (χ1n) is 10.2. The number of likely N-dealkylation sites (N-methyl/N-ethyl adjacent to an activating group) is 1. The number of benzene rings is 2. The largest absolute Gasteiger partial charge is 0.507 e. The minimum absolute atomic E-state index is 0.132. The molecule has 0 unspecified atom stereocenters. The summed E-state index contributed by atoms with van der Waals surface area (Å²) in [5, 5.41) is 13.8. The van der Waals surface area contributed by atoms with Crippen LogP contribution in [0.2, 0.25) is 0 Å². The van der Waals surface area contributed by atoms with E-state index in [1.165, 1.54) is 0 Å². The average molecular weight is 414 g/mol. The molecular weight excluding hydrogens is 378 g/mol. The number of nitrogens with one attached hydrogen (secondary N) is 1. The van der Waals surface area contributed by atoms with Gasteiger partial charge in [-0.05, 0) is 45.2 Å². The first kappa shape index (κ1) is 23.6. The number of carbonyl (C=O) groups excluding carboxylic acids is 1. The molecule has 0 aliphatic carbocycles. The van der Waals surface area contributed by atoms with Gasteiger partial charge in [-0.1, -0.05) is 59.7 Å². The number of aromatic hydroxyl groups is 1. The number of phenols is 1. The molecule has 1 amide bonds.